The maximum Gasteiger partial charge on any atom is 0.322 e. The van der Waals surface area contributed by atoms with E-state index < -0.39 is 33.5 Å². The second kappa shape index (κ2) is 5.60. The van der Waals surface area contributed by atoms with Crippen LogP contribution < -0.4 is 10.6 Å². The number of urea groups is 1. The molecule has 2 rings (SSSR count). The molecule has 0 saturated carbocycles. The number of amides is 3. The lowest BCUT2D eigenvalue weighted by molar-refractivity contribution is -0.142. The van der Waals surface area contributed by atoms with E-state index in [1.807, 2.05) is 0 Å². The molecule has 9 nitrogen and oxygen atoms in total. The molecule has 0 aromatic heterocycles. The van der Waals surface area contributed by atoms with Crippen LogP contribution in [-0.4, -0.2) is 61.6 Å². The van der Waals surface area contributed by atoms with Crippen LogP contribution in [0.4, 0.5) is 4.79 Å². The minimum atomic E-state index is -3.68. The summed E-state index contributed by atoms with van der Waals surface area (Å²) in [5.74, 6) is -1.48. The van der Waals surface area contributed by atoms with Gasteiger partial charge in [0.25, 0.3) is 5.91 Å². The van der Waals surface area contributed by atoms with Crippen molar-refractivity contribution in [2.75, 3.05) is 25.4 Å². The van der Waals surface area contributed by atoms with Gasteiger partial charge >= 0.3 is 12.0 Å². The van der Waals surface area contributed by atoms with E-state index in [0.29, 0.717) is 0 Å². The molecule has 1 unspecified atom stereocenters. The fourth-order valence-electron chi connectivity index (χ4n) is 2.40. The maximum atomic E-state index is 12.1. The van der Waals surface area contributed by atoms with Crippen LogP contribution in [-0.2, 0) is 24.3 Å². The van der Waals surface area contributed by atoms with Gasteiger partial charge in [0.2, 0.25) is 10.0 Å². The summed E-state index contributed by atoms with van der Waals surface area (Å²) in [5.41, 5.74) is -1.19. The van der Waals surface area contributed by atoms with E-state index in [1.165, 1.54) is 0 Å². The van der Waals surface area contributed by atoms with E-state index in [1.54, 1.807) is 6.92 Å². The van der Waals surface area contributed by atoms with Crippen LogP contribution in [0, 0.1) is 0 Å². The number of hydrogen-bond donors (Lipinski definition) is 2. The Morgan fingerprint density at radius 3 is 2.71 bits per heavy atom. The Kier molecular flexibility index (Phi) is 4.19. The highest BCUT2D eigenvalue weighted by Gasteiger charge is 2.52. The highest BCUT2D eigenvalue weighted by Crippen LogP contribution is 2.27. The van der Waals surface area contributed by atoms with Crippen LogP contribution >= 0.6 is 0 Å². The molecule has 21 heavy (non-hydrogen) atoms. The number of imide groups is 1. The fraction of sp³-hybridized carbons (Fsp3) is 0.727. The number of rotatable bonds is 5. The second-order valence-electron chi connectivity index (χ2n) is 4.94. The first-order valence-corrected chi connectivity index (χ1v) is 8.17. The van der Waals surface area contributed by atoms with E-state index in [4.69, 9.17) is 0 Å². The largest absolute Gasteiger partial charge is 0.466 e. The van der Waals surface area contributed by atoms with Crippen molar-refractivity contribution in [2.24, 2.45) is 0 Å². The number of carbonyl (C=O) groups is 3. The van der Waals surface area contributed by atoms with E-state index in [9.17, 15) is 22.8 Å². The van der Waals surface area contributed by atoms with Gasteiger partial charge in [-0.05, 0) is 13.3 Å². The van der Waals surface area contributed by atoms with Gasteiger partial charge in [0.1, 0.15) is 5.54 Å². The van der Waals surface area contributed by atoms with Crippen molar-refractivity contribution in [3.05, 3.63) is 0 Å². The topological polar surface area (TPSA) is 122 Å². The number of hydrogen-bond acceptors (Lipinski definition) is 6. The first-order valence-electron chi connectivity index (χ1n) is 6.56. The molecule has 0 aromatic carbocycles. The number of carbonyl (C=O) groups excluding carboxylic acids is 3. The van der Waals surface area contributed by atoms with Gasteiger partial charge in [-0.25, -0.2) is 13.2 Å². The third-order valence-electron chi connectivity index (χ3n) is 3.51. The fourth-order valence-corrected chi connectivity index (χ4v) is 3.87. The number of ether oxygens (including phenoxy) is 1. The lowest BCUT2D eigenvalue weighted by Crippen LogP contribution is -2.49. The third-order valence-corrected chi connectivity index (χ3v) is 5.33. The molecule has 1 atom stereocenters. The smallest absolute Gasteiger partial charge is 0.322 e. The Morgan fingerprint density at radius 1 is 1.43 bits per heavy atom. The Hall–Kier alpha value is -1.68. The predicted molar refractivity (Wildman–Crippen MR) is 70.6 cm³/mol. The number of esters is 1. The first-order chi connectivity index (χ1) is 9.79. The molecule has 118 valence electrons. The number of sulfonamides is 1. The molecule has 2 saturated heterocycles. The standard InChI is InChI=1S/C11H17N3O6S/c1-2-20-8(15)3-6-21(18,19)14-5-4-11(7-14)9(16)12-10(17)13-11/h2-7H2,1H3,(H2,12,13,16,17). The van der Waals surface area contributed by atoms with Crippen molar-refractivity contribution in [3.8, 4) is 0 Å². The van der Waals surface area contributed by atoms with Gasteiger partial charge in [0, 0.05) is 13.1 Å². The van der Waals surface area contributed by atoms with Crippen molar-refractivity contribution in [1.82, 2.24) is 14.9 Å². The zero-order valence-electron chi connectivity index (χ0n) is 11.5. The lowest BCUT2D eigenvalue weighted by Gasteiger charge is -2.20. The number of nitrogens with one attached hydrogen (secondary N) is 2. The molecular formula is C11H17N3O6S. The summed E-state index contributed by atoms with van der Waals surface area (Å²) in [6, 6.07) is -0.620. The lowest BCUT2D eigenvalue weighted by atomic mass is 10.00. The summed E-state index contributed by atoms with van der Waals surface area (Å²) in [5, 5.41) is 4.57. The van der Waals surface area contributed by atoms with Crippen molar-refractivity contribution >= 4 is 27.9 Å². The Bertz CT molecular complexity index is 575. The van der Waals surface area contributed by atoms with Gasteiger partial charge in [-0.3, -0.25) is 14.9 Å². The summed E-state index contributed by atoms with van der Waals surface area (Å²) in [7, 11) is -3.68. The highest BCUT2D eigenvalue weighted by atomic mass is 32.2. The Morgan fingerprint density at radius 2 is 2.14 bits per heavy atom. The molecule has 0 aliphatic carbocycles. The molecule has 2 N–H and O–H groups in total. The molecule has 10 heteroatoms. The van der Waals surface area contributed by atoms with Crippen molar-refractivity contribution < 1.29 is 27.5 Å². The van der Waals surface area contributed by atoms with Gasteiger partial charge in [0.15, 0.2) is 0 Å². The average Bonchev–Trinajstić information content (AvgIpc) is 2.94. The summed E-state index contributed by atoms with van der Waals surface area (Å²) in [6.07, 6.45) is -0.0264. The molecule has 2 fully saturated rings. The van der Waals surface area contributed by atoms with Crippen LogP contribution in [0.5, 0.6) is 0 Å². The molecule has 0 bridgehead atoms. The zero-order chi connectivity index (χ0) is 15.7. The second-order valence-corrected chi connectivity index (χ2v) is 7.03. The van der Waals surface area contributed by atoms with E-state index in [0.717, 1.165) is 4.31 Å². The van der Waals surface area contributed by atoms with Crippen LogP contribution in [0.2, 0.25) is 0 Å². The molecule has 2 heterocycles. The summed E-state index contributed by atoms with van der Waals surface area (Å²) >= 11 is 0. The maximum absolute atomic E-state index is 12.1. The molecular weight excluding hydrogens is 302 g/mol. The quantitative estimate of drug-likeness (QED) is 0.472. The Labute approximate surface area is 122 Å². The molecule has 0 radical (unpaired) electrons. The number of nitrogens with zero attached hydrogens (tertiary/aromatic N) is 1. The van der Waals surface area contributed by atoms with E-state index >= 15 is 0 Å². The summed E-state index contributed by atoms with van der Waals surface area (Å²) < 4.78 is 30.1. The van der Waals surface area contributed by atoms with Crippen LogP contribution in [0.25, 0.3) is 0 Å². The SMILES string of the molecule is CCOC(=O)CCS(=O)(=O)N1CCC2(C1)NC(=O)NC2=O. The van der Waals surface area contributed by atoms with Gasteiger partial charge in [-0.15, -0.1) is 0 Å². The van der Waals surface area contributed by atoms with E-state index in [2.05, 4.69) is 15.4 Å². The normalized spacial score (nSPS) is 26.0. The van der Waals surface area contributed by atoms with Gasteiger partial charge in [-0.1, -0.05) is 0 Å². The molecule has 3 amide bonds. The van der Waals surface area contributed by atoms with Gasteiger partial charge < -0.3 is 10.1 Å². The van der Waals surface area contributed by atoms with Crippen molar-refractivity contribution in [1.29, 1.82) is 0 Å². The molecule has 1 spiro atoms. The Balaban J connectivity index is 1.98. The van der Waals surface area contributed by atoms with Gasteiger partial charge in [-0.2, -0.15) is 4.31 Å². The monoisotopic (exact) mass is 319 g/mol. The molecule has 2 aliphatic rings. The van der Waals surface area contributed by atoms with Crippen LogP contribution in [0.3, 0.4) is 0 Å². The van der Waals surface area contributed by atoms with Crippen LogP contribution in [0.15, 0.2) is 0 Å². The molecule has 0 aromatic rings. The first kappa shape index (κ1) is 15.7. The third kappa shape index (κ3) is 3.16. The minimum Gasteiger partial charge on any atom is -0.466 e. The van der Waals surface area contributed by atoms with Crippen LogP contribution in [0.1, 0.15) is 19.8 Å². The van der Waals surface area contributed by atoms with E-state index in [-0.39, 0.29) is 38.3 Å². The van der Waals surface area contributed by atoms with Gasteiger partial charge in [0.05, 0.1) is 18.8 Å². The molecule has 2 aliphatic heterocycles. The average molecular weight is 319 g/mol. The van der Waals surface area contributed by atoms with Crippen molar-refractivity contribution in [2.45, 2.75) is 25.3 Å². The highest BCUT2D eigenvalue weighted by molar-refractivity contribution is 7.89. The van der Waals surface area contributed by atoms with Crippen molar-refractivity contribution in [3.63, 3.8) is 0 Å². The predicted octanol–water partition coefficient (Wildman–Crippen LogP) is -1.45. The zero-order valence-corrected chi connectivity index (χ0v) is 12.4. The summed E-state index contributed by atoms with van der Waals surface area (Å²) in [4.78, 5) is 34.2. The summed E-state index contributed by atoms with van der Waals surface area (Å²) in [6.45, 7) is 1.84. The minimum absolute atomic E-state index is 0.115.